The van der Waals surface area contributed by atoms with Gasteiger partial charge in [-0.3, -0.25) is 11.3 Å². The quantitative estimate of drug-likeness (QED) is 0.435. The second-order valence-corrected chi connectivity index (χ2v) is 6.06. The van der Waals surface area contributed by atoms with Crippen LogP contribution in [0.1, 0.15) is 43.9 Å². The van der Waals surface area contributed by atoms with Gasteiger partial charge in [0.05, 0.1) is 0 Å². The topological polar surface area (TPSA) is 38.0 Å². The van der Waals surface area contributed by atoms with Gasteiger partial charge in [-0.05, 0) is 34.8 Å². The summed E-state index contributed by atoms with van der Waals surface area (Å²) in [6.07, 6.45) is 7.43. The summed E-state index contributed by atoms with van der Waals surface area (Å²) in [5.41, 5.74) is 2.93. The van der Waals surface area contributed by atoms with Crippen LogP contribution in [-0.4, -0.2) is 6.04 Å². The molecule has 92 valence electrons. The zero-order valence-corrected chi connectivity index (χ0v) is 12.2. The van der Waals surface area contributed by atoms with E-state index in [0.717, 1.165) is 6.42 Å². The Labute approximate surface area is 111 Å². The highest BCUT2D eigenvalue weighted by atomic mass is 79.9. The Kier molecular flexibility index (Phi) is 7.28. The van der Waals surface area contributed by atoms with Crippen LogP contribution in [0.25, 0.3) is 0 Å². The highest BCUT2D eigenvalue weighted by Gasteiger charge is 2.08. The number of hydrogen-bond acceptors (Lipinski definition) is 3. The lowest BCUT2D eigenvalue weighted by atomic mass is 10.0. The minimum atomic E-state index is 0.419. The third-order valence-electron chi connectivity index (χ3n) is 2.71. The Morgan fingerprint density at radius 2 is 2.25 bits per heavy atom. The number of unbranched alkanes of at least 4 members (excludes halogenated alkanes) is 3. The fraction of sp³-hybridized carbons (Fsp3) is 0.667. The first-order chi connectivity index (χ1) is 7.76. The standard InChI is InChI=1S/C12H21BrN2S/c1-2-3-4-5-6-11(15-14)8-12-7-10(13)9-16-12/h7,9,11,15H,2-6,8,14H2,1H3. The van der Waals surface area contributed by atoms with Gasteiger partial charge < -0.3 is 0 Å². The summed E-state index contributed by atoms with van der Waals surface area (Å²) in [5, 5.41) is 2.12. The van der Waals surface area contributed by atoms with Crippen LogP contribution in [0, 0.1) is 0 Å². The molecule has 0 bridgehead atoms. The molecule has 0 aliphatic carbocycles. The van der Waals surface area contributed by atoms with E-state index in [1.807, 2.05) is 0 Å². The van der Waals surface area contributed by atoms with Crippen molar-refractivity contribution in [2.45, 2.75) is 51.5 Å². The number of hydrazine groups is 1. The molecule has 1 aromatic heterocycles. The van der Waals surface area contributed by atoms with Crippen molar-refractivity contribution in [1.29, 1.82) is 0 Å². The molecule has 0 fully saturated rings. The minimum Gasteiger partial charge on any atom is -0.271 e. The fourth-order valence-electron chi connectivity index (χ4n) is 1.77. The minimum absolute atomic E-state index is 0.419. The third kappa shape index (κ3) is 5.43. The van der Waals surface area contributed by atoms with Crippen LogP contribution < -0.4 is 11.3 Å². The van der Waals surface area contributed by atoms with E-state index >= 15 is 0 Å². The molecule has 1 heterocycles. The molecule has 0 aliphatic rings. The molecule has 4 heteroatoms. The SMILES string of the molecule is CCCCCCC(Cc1cc(Br)cs1)NN. The van der Waals surface area contributed by atoms with Crippen molar-refractivity contribution in [3.05, 3.63) is 20.8 Å². The number of nitrogens with one attached hydrogen (secondary N) is 1. The van der Waals surface area contributed by atoms with Crippen LogP contribution in [0.3, 0.4) is 0 Å². The molecule has 0 amide bonds. The summed E-state index contributed by atoms with van der Waals surface area (Å²) < 4.78 is 1.18. The molecular formula is C12H21BrN2S. The van der Waals surface area contributed by atoms with Crippen molar-refractivity contribution in [2.75, 3.05) is 0 Å². The van der Waals surface area contributed by atoms with E-state index in [1.54, 1.807) is 11.3 Å². The summed E-state index contributed by atoms with van der Waals surface area (Å²) in [7, 11) is 0. The van der Waals surface area contributed by atoms with E-state index < -0.39 is 0 Å². The maximum Gasteiger partial charge on any atom is 0.0285 e. The van der Waals surface area contributed by atoms with Crippen LogP contribution in [0.5, 0.6) is 0 Å². The first-order valence-corrected chi connectivity index (χ1v) is 7.62. The van der Waals surface area contributed by atoms with Crippen molar-refractivity contribution >= 4 is 27.3 Å². The van der Waals surface area contributed by atoms with E-state index in [9.17, 15) is 0 Å². The lowest BCUT2D eigenvalue weighted by Crippen LogP contribution is -2.36. The van der Waals surface area contributed by atoms with Gasteiger partial charge in [-0.15, -0.1) is 11.3 Å². The predicted octanol–water partition coefficient (Wildman–Crippen LogP) is 3.86. The smallest absolute Gasteiger partial charge is 0.0285 e. The second kappa shape index (κ2) is 8.23. The molecule has 0 saturated carbocycles. The molecule has 1 unspecified atom stereocenters. The lowest BCUT2D eigenvalue weighted by Gasteiger charge is -2.14. The highest BCUT2D eigenvalue weighted by molar-refractivity contribution is 9.10. The molecular weight excluding hydrogens is 284 g/mol. The van der Waals surface area contributed by atoms with Gasteiger partial charge in [0, 0.05) is 20.8 Å². The van der Waals surface area contributed by atoms with Gasteiger partial charge in [0.2, 0.25) is 0 Å². The predicted molar refractivity (Wildman–Crippen MR) is 75.6 cm³/mol. The summed E-state index contributed by atoms with van der Waals surface area (Å²) in [4.78, 5) is 1.39. The molecule has 0 saturated heterocycles. The number of hydrogen-bond donors (Lipinski definition) is 2. The van der Waals surface area contributed by atoms with E-state index in [4.69, 9.17) is 5.84 Å². The molecule has 1 atom stereocenters. The normalized spacial score (nSPS) is 12.9. The maximum atomic E-state index is 5.59. The van der Waals surface area contributed by atoms with E-state index in [2.05, 4.69) is 39.7 Å². The van der Waals surface area contributed by atoms with Crippen LogP contribution in [0.2, 0.25) is 0 Å². The van der Waals surface area contributed by atoms with E-state index in [0.29, 0.717) is 6.04 Å². The van der Waals surface area contributed by atoms with E-state index in [1.165, 1.54) is 41.5 Å². The first kappa shape index (κ1) is 14.2. The molecule has 0 spiro atoms. The average molecular weight is 305 g/mol. The Morgan fingerprint density at radius 1 is 1.44 bits per heavy atom. The maximum absolute atomic E-state index is 5.59. The lowest BCUT2D eigenvalue weighted by molar-refractivity contribution is 0.465. The van der Waals surface area contributed by atoms with Gasteiger partial charge in [0.1, 0.15) is 0 Å². The molecule has 16 heavy (non-hydrogen) atoms. The summed E-state index contributed by atoms with van der Waals surface area (Å²) in [5.74, 6) is 5.59. The van der Waals surface area contributed by atoms with Crippen molar-refractivity contribution in [3.63, 3.8) is 0 Å². The molecule has 1 rings (SSSR count). The van der Waals surface area contributed by atoms with Crippen LogP contribution in [-0.2, 0) is 6.42 Å². The zero-order chi connectivity index (χ0) is 11.8. The molecule has 2 nitrogen and oxygen atoms in total. The Hall–Kier alpha value is 0.1000. The summed E-state index contributed by atoms with van der Waals surface area (Å²) in [6, 6.07) is 2.60. The molecule has 0 aliphatic heterocycles. The van der Waals surface area contributed by atoms with Crippen molar-refractivity contribution in [3.8, 4) is 0 Å². The van der Waals surface area contributed by atoms with E-state index in [-0.39, 0.29) is 0 Å². The first-order valence-electron chi connectivity index (χ1n) is 5.95. The van der Waals surface area contributed by atoms with Crippen molar-refractivity contribution in [2.24, 2.45) is 5.84 Å². The van der Waals surface area contributed by atoms with Crippen molar-refractivity contribution < 1.29 is 0 Å². The van der Waals surface area contributed by atoms with Gasteiger partial charge in [0.25, 0.3) is 0 Å². The Balaban J connectivity index is 2.26. The summed E-state index contributed by atoms with van der Waals surface area (Å²) >= 11 is 5.27. The Bertz CT molecular complexity index is 288. The molecule has 3 N–H and O–H groups in total. The summed E-state index contributed by atoms with van der Waals surface area (Å²) in [6.45, 7) is 2.24. The molecule has 0 radical (unpaired) electrons. The van der Waals surface area contributed by atoms with Gasteiger partial charge in [-0.25, -0.2) is 0 Å². The number of halogens is 1. The third-order valence-corrected chi connectivity index (χ3v) is 4.43. The Morgan fingerprint density at radius 3 is 2.81 bits per heavy atom. The fourth-order valence-corrected chi connectivity index (χ4v) is 3.30. The highest BCUT2D eigenvalue weighted by Crippen LogP contribution is 2.21. The monoisotopic (exact) mass is 304 g/mol. The zero-order valence-electron chi connectivity index (χ0n) is 9.84. The van der Waals surface area contributed by atoms with Crippen LogP contribution in [0.4, 0.5) is 0 Å². The van der Waals surface area contributed by atoms with Gasteiger partial charge in [0.15, 0.2) is 0 Å². The number of rotatable bonds is 8. The van der Waals surface area contributed by atoms with Gasteiger partial charge in [-0.1, -0.05) is 32.6 Å². The van der Waals surface area contributed by atoms with Gasteiger partial charge in [-0.2, -0.15) is 0 Å². The number of nitrogens with two attached hydrogens (primary N) is 1. The van der Waals surface area contributed by atoms with Crippen LogP contribution in [0.15, 0.2) is 15.9 Å². The average Bonchev–Trinajstić information content (AvgIpc) is 2.68. The largest absolute Gasteiger partial charge is 0.271 e. The second-order valence-electron chi connectivity index (χ2n) is 4.15. The molecule has 1 aromatic rings. The van der Waals surface area contributed by atoms with Crippen molar-refractivity contribution in [1.82, 2.24) is 5.43 Å². The molecule has 0 aromatic carbocycles. The number of thiophene rings is 1. The van der Waals surface area contributed by atoms with Crippen LogP contribution >= 0.6 is 27.3 Å². The van der Waals surface area contributed by atoms with Gasteiger partial charge >= 0.3 is 0 Å².